The van der Waals surface area contributed by atoms with Crippen molar-refractivity contribution in [3.05, 3.63) is 108 Å². The minimum Gasteiger partial charge on any atom is -0.333 e. The molecule has 0 saturated heterocycles. The Morgan fingerprint density at radius 1 is 0.963 bits per heavy atom. The lowest BCUT2D eigenvalue weighted by Crippen LogP contribution is -2.35. The highest BCUT2D eigenvalue weighted by atomic mass is 35.5. The first kappa shape index (κ1) is 17.3. The van der Waals surface area contributed by atoms with Crippen LogP contribution in [0.2, 0.25) is 5.02 Å². The Bertz CT molecular complexity index is 1010. The van der Waals surface area contributed by atoms with Gasteiger partial charge < -0.3 is 9.69 Å². The maximum Gasteiger partial charge on any atom is 0.147 e. The number of halogens is 1. The maximum absolute atomic E-state index is 12.1. The van der Waals surface area contributed by atoms with Crippen LogP contribution in [-0.4, -0.2) is 17.3 Å². The number of carbonyl (C=O) groups is 1. The summed E-state index contributed by atoms with van der Waals surface area (Å²) in [5.41, 5.74) is 4.53. The second kappa shape index (κ2) is 7.60. The van der Waals surface area contributed by atoms with Gasteiger partial charge in [-0.25, -0.2) is 0 Å². The van der Waals surface area contributed by atoms with Crippen LogP contribution in [0, 0.1) is 0 Å². The summed E-state index contributed by atoms with van der Waals surface area (Å²) in [7, 11) is 0. The van der Waals surface area contributed by atoms with Crippen molar-refractivity contribution in [3.8, 4) is 0 Å². The summed E-state index contributed by atoms with van der Waals surface area (Å²) in [4.78, 5) is 18.5. The van der Waals surface area contributed by atoms with Gasteiger partial charge in [0.1, 0.15) is 12.3 Å². The number of para-hydroxylation sites is 1. The van der Waals surface area contributed by atoms with E-state index in [-0.39, 0.29) is 0 Å². The summed E-state index contributed by atoms with van der Waals surface area (Å²) in [6.45, 7) is 0. The van der Waals surface area contributed by atoms with Gasteiger partial charge in [-0.2, -0.15) is 0 Å². The van der Waals surface area contributed by atoms with Gasteiger partial charge in [-0.15, -0.1) is 0 Å². The van der Waals surface area contributed by atoms with Crippen molar-refractivity contribution in [3.63, 3.8) is 0 Å². The summed E-state index contributed by atoms with van der Waals surface area (Å²) in [5, 5.41) is 0.637. The van der Waals surface area contributed by atoms with Gasteiger partial charge in [0.25, 0.3) is 0 Å². The van der Waals surface area contributed by atoms with Crippen LogP contribution in [0.1, 0.15) is 11.3 Å². The number of aldehydes is 1. The molecule has 2 heterocycles. The largest absolute Gasteiger partial charge is 0.333 e. The van der Waals surface area contributed by atoms with E-state index in [9.17, 15) is 4.79 Å². The molecule has 1 atom stereocenters. The first-order chi connectivity index (χ1) is 13.3. The van der Waals surface area contributed by atoms with E-state index in [1.54, 1.807) is 6.20 Å². The van der Waals surface area contributed by atoms with Crippen molar-refractivity contribution >= 4 is 34.7 Å². The molecule has 132 valence electrons. The van der Waals surface area contributed by atoms with Crippen LogP contribution < -0.4 is 4.90 Å². The molecule has 3 nitrogen and oxygen atoms in total. The second-order valence-electron chi connectivity index (χ2n) is 6.23. The predicted octanol–water partition coefficient (Wildman–Crippen LogP) is 5.25. The molecule has 0 aliphatic carbocycles. The molecule has 0 saturated carbocycles. The third kappa shape index (κ3) is 3.55. The van der Waals surface area contributed by atoms with Crippen molar-refractivity contribution in [2.75, 3.05) is 4.90 Å². The quantitative estimate of drug-likeness (QED) is 0.586. The Labute approximate surface area is 163 Å². The molecule has 4 rings (SSSR count). The maximum atomic E-state index is 12.1. The Morgan fingerprint density at radius 2 is 1.78 bits per heavy atom. The van der Waals surface area contributed by atoms with Gasteiger partial charge in [0.05, 0.1) is 5.69 Å². The van der Waals surface area contributed by atoms with Crippen LogP contribution in [0.3, 0.4) is 0 Å². The summed E-state index contributed by atoms with van der Waals surface area (Å²) in [5.74, 6) is 0. The number of pyridine rings is 1. The van der Waals surface area contributed by atoms with E-state index < -0.39 is 6.04 Å². The summed E-state index contributed by atoms with van der Waals surface area (Å²) in [6, 6.07) is 22.8. The number of benzene rings is 2. The Morgan fingerprint density at radius 3 is 2.48 bits per heavy atom. The highest BCUT2D eigenvalue weighted by molar-refractivity contribution is 6.30. The number of carbonyl (C=O) groups excluding carboxylic acids is 1. The molecule has 0 radical (unpaired) electrons. The number of allylic oxidation sites excluding steroid dienone is 2. The van der Waals surface area contributed by atoms with Gasteiger partial charge in [-0.1, -0.05) is 48.0 Å². The van der Waals surface area contributed by atoms with E-state index in [0.717, 1.165) is 34.4 Å². The molecule has 27 heavy (non-hydrogen) atoms. The van der Waals surface area contributed by atoms with Gasteiger partial charge >= 0.3 is 0 Å². The Hall–Kier alpha value is -3.17. The molecule has 2 aromatic carbocycles. The minimum absolute atomic E-state index is 0.446. The standard InChI is InChI=1S/C23H17ClN2O/c24-19-8-6-7-17(13-19)21-14-18(22-11-4-5-12-25-22)15-26(23(21)16-27)20-9-2-1-3-10-20/h1-16,23H. The van der Waals surface area contributed by atoms with Crippen LogP contribution in [-0.2, 0) is 4.79 Å². The molecule has 4 heteroatoms. The van der Waals surface area contributed by atoms with Crippen molar-refractivity contribution in [2.24, 2.45) is 0 Å². The molecular weight excluding hydrogens is 356 g/mol. The summed E-state index contributed by atoms with van der Waals surface area (Å²) < 4.78 is 0. The lowest BCUT2D eigenvalue weighted by atomic mass is 9.91. The topological polar surface area (TPSA) is 33.2 Å². The molecular formula is C23H17ClN2O. The van der Waals surface area contributed by atoms with E-state index in [2.05, 4.69) is 4.98 Å². The van der Waals surface area contributed by atoms with Gasteiger partial charge in [0, 0.05) is 28.7 Å². The molecule has 0 amide bonds. The number of aromatic nitrogens is 1. The predicted molar refractivity (Wildman–Crippen MR) is 110 cm³/mol. The average molecular weight is 373 g/mol. The first-order valence-electron chi connectivity index (χ1n) is 8.66. The zero-order chi connectivity index (χ0) is 18.6. The minimum atomic E-state index is -0.446. The fourth-order valence-corrected chi connectivity index (χ4v) is 3.43. The fraction of sp³-hybridized carbons (Fsp3) is 0.0435. The van der Waals surface area contributed by atoms with Crippen molar-refractivity contribution in [1.29, 1.82) is 0 Å². The third-order valence-electron chi connectivity index (χ3n) is 4.51. The highest BCUT2D eigenvalue weighted by Crippen LogP contribution is 2.35. The van der Waals surface area contributed by atoms with Gasteiger partial charge in [-0.3, -0.25) is 4.98 Å². The van der Waals surface area contributed by atoms with Gasteiger partial charge in [0.15, 0.2) is 0 Å². The molecule has 1 aromatic heterocycles. The molecule has 1 aliphatic rings. The van der Waals surface area contributed by atoms with Gasteiger partial charge in [0.2, 0.25) is 0 Å². The zero-order valence-corrected chi connectivity index (χ0v) is 15.3. The summed E-state index contributed by atoms with van der Waals surface area (Å²) in [6.07, 6.45) is 6.73. The number of rotatable bonds is 4. The molecule has 3 aromatic rings. The van der Waals surface area contributed by atoms with Crippen LogP contribution in [0.15, 0.2) is 91.3 Å². The lowest BCUT2D eigenvalue weighted by Gasteiger charge is -2.33. The van der Waals surface area contributed by atoms with Crippen molar-refractivity contribution in [2.45, 2.75) is 6.04 Å². The number of anilines is 1. The number of hydrogen-bond acceptors (Lipinski definition) is 3. The van der Waals surface area contributed by atoms with Crippen LogP contribution in [0.4, 0.5) is 5.69 Å². The zero-order valence-electron chi connectivity index (χ0n) is 14.5. The van der Waals surface area contributed by atoms with Gasteiger partial charge in [-0.05, 0) is 53.6 Å². The molecule has 0 bridgehead atoms. The molecule has 1 unspecified atom stereocenters. The number of hydrogen-bond donors (Lipinski definition) is 0. The van der Waals surface area contributed by atoms with Crippen LogP contribution in [0.25, 0.3) is 11.1 Å². The lowest BCUT2D eigenvalue weighted by molar-refractivity contribution is -0.107. The SMILES string of the molecule is O=CC1C(c2cccc(Cl)c2)=CC(c2ccccn2)=CN1c1ccccc1. The summed E-state index contributed by atoms with van der Waals surface area (Å²) >= 11 is 6.21. The van der Waals surface area contributed by atoms with Crippen LogP contribution in [0.5, 0.6) is 0 Å². The van der Waals surface area contributed by atoms with E-state index >= 15 is 0 Å². The molecule has 1 aliphatic heterocycles. The molecule has 0 N–H and O–H groups in total. The Balaban J connectivity index is 1.89. The highest BCUT2D eigenvalue weighted by Gasteiger charge is 2.27. The van der Waals surface area contributed by atoms with E-state index in [1.807, 2.05) is 90.0 Å². The van der Waals surface area contributed by atoms with Crippen molar-refractivity contribution in [1.82, 2.24) is 4.98 Å². The van der Waals surface area contributed by atoms with E-state index in [4.69, 9.17) is 11.6 Å². The normalized spacial score (nSPS) is 16.5. The van der Waals surface area contributed by atoms with E-state index in [0.29, 0.717) is 5.02 Å². The first-order valence-corrected chi connectivity index (χ1v) is 9.03. The average Bonchev–Trinajstić information content (AvgIpc) is 2.74. The monoisotopic (exact) mass is 372 g/mol. The van der Waals surface area contributed by atoms with E-state index in [1.165, 1.54) is 0 Å². The second-order valence-corrected chi connectivity index (χ2v) is 6.67. The molecule has 0 spiro atoms. The van der Waals surface area contributed by atoms with Crippen LogP contribution >= 0.6 is 11.6 Å². The third-order valence-corrected chi connectivity index (χ3v) is 4.74. The number of nitrogens with zero attached hydrogens (tertiary/aromatic N) is 2. The smallest absolute Gasteiger partial charge is 0.147 e. The Kier molecular flexibility index (Phi) is 4.86. The fourth-order valence-electron chi connectivity index (χ4n) is 3.24. The van der Waals surface area contributed by atoms with Crippen molar-refractivity contribution < 1.29 is 4.79 Å². The molecule has 0 fully saturated rings.